The highest BCUT2D eigenvalue weighted by Gasteiger charge is 2.09. The standard InChI is InChI=1S/C14H21FN2/c1-12-8-13(10-14(15)9-12)11-16-4-7-17-5-2-3-6-17/h8-10,16H,2-7,11H2,1H3. The minimum Gasteiger partial charge on any atom is -0.311 e. The van der Waals surface area contributed by atoms with Crippen LogP contribution in [0.1, 0.15) is 24.0 Å². The van der Waals surface area contributed by atoms with Crippen LogP contribution < -0.4 is 5.32 Å². The summed E-state index contributed by atoms with van der Waals surface area (Å²) in [5, 5.41) is 3.37. The van der Waals surface area contributed by atoms with Crippen molar-refractivity contribution < 1.29 is 4.39 Å². The molecule has 0 atom stereocenters. The van der Waals surface area contributed by atoms with Crippen LogP contribution in [0.2, 0.25) is 0 Å². The summed E-state index contributed by atoms with van der Waals surface area (Å²) in [6, 6.07) is 5.20. The molecule has 2 nitrogen and oxygen atoms in total. The van der Waals surface area contributed by atoms with Crippen molar-refractivity contribution in [3.8, 4) is 0 Å². The van der Waals surface area contributed by atoms with Gasteiger partial charge >= 0.3 is 0 Å². The third kappa shape index (κ3) is 4.10. The van der Waals surface area contributed by atoms with E-state index in [0.717, 1.165) is 30.8 Å². The molecule has 1 saturated heterocycles. The second-order valence-corrected chi connectivity index (χ2v) is 4.86. The van der Waals surface area contributed by atoms with Crippen molar-refractivity contribution in [3.63, 3.8) is 0 Å². The Hall–Kier alpha value is -0.930. The average Bonchev–Trinajstić information content (AvgIpc) is 2.76. The molecule has 1 heterocycles. The van der Waals surface area contributed by atoms with E-state index in [1.165, 1.54) is 25.9 Å². The van der Waals surface area contributed by atoms with Crippen LogP contribution in [0.15, 0.2) is 18.2 Å². The Kier molecular flexibility index (Phi) is 4.51. The van der Waals surface area contributed by atoms with Crippen molar-refractivity contribution in [1.82, 2.24) is 10.2 Å². The summed E-state index contributed by atoms with van der Waals surface area (Å²) in [5.41, 5.74) is 2.02. The number of benzene rings is 1. The topological polar surface area (TPSA) is 15.3 Å². The van der Waals surface area contributed by atoms with Gasteiger partial charge in [0, 0.05) is 19.6 Å². The van der Waals surface area contributed by atoms with Gasteiger partial charge in [-0.05, 0) is 56.1 Å². The van der Waals surface area contributed by atoms with E-state index in [1.807, 2.05) is 13.0 Å². The van der Waals surface area contributed by atoms with Crippen molar-refractivity contribution in [3.05, 3.63) is 35.1 Å². The first-order valence-electron chi connectivity index (χ1n) is 6.43. The Balaban J connectivity index is 1.70. The van der Waals surface area contributed by atoms with Crippen molar-refractivity contribution >= 4 is 0 Å². The molecule has 3 heteroatoms. The van der Waals surface area contributed by atoms with Gasteiger partial charge in [-0.2, -0.15) is 0 Å². The van der Waals surface area contributed by atoms with Gasteiger partial charge in [0.1, 0.15) is 5.82 Å². The predicted octanol–water partition coefficient (Wildman–Crippen LogP) is 2.32. The van der Waals surface area contributed by atoms with E-state index >= 15 is 0 Å². The molecule has 0 aromatic heterocycles. The summed E-state index contributed by atoms with van der Waals surface area (Å²) in [4.78, 5) is 2.48. The summed E-state index contributed by atoms with van der Waals surface area (Å²) in [7, 11) is 0. The molecule has 1 fully saturated rings. The Morgan fingerprint density at radius 2 is 2.00 bits per heavy atom. The molecule has 94 valence electrons. The van der Waals surface area contributed by atoms with E-state index in [4.69, 9.17) is 0 Å². The van der Waals surface area contributed by atoms with Crippen LogP contribution in [0.5, 0.6) is 0 Å². The van der Waals surface area contributed by atoms with Gasteiger partial charge in [0.2, 0.25) is 0 Å². The maximum atomic E-state index is 13.1. The molecule has 0 aliphatic carbocycles. The minimum atomic E-state index is -0.138. The second kappa shape index (κ2) is 6.12. The molecular weight excluding hydrogens is 215 g/mol. The van der Waals surface area contributed by atoms with Crippen LogP contribution in [0, 0.1) is 12.7 Å². The van der Waals surface area contributed by atoms with Crippen LogP contribution in [-0.4, -0.2) is 31.1 Å². The molecule has 0 unspecified atom stereocenters. The van der Waals surface area contributed by atoms with Gasteiger partial charge in [-0.15, -0.1) is 0 Å². The van der Waals surface area contributed by atoms with Crippen LogP contribution in [0.3, 0.4) is 0 Å². The summed E-state index contributed by atoms with van der Waals surface area (Å²) in [6.45, 7) is 7.24. The summed E-state index contributed by atoms with van der Waals surface area (Å²) in [5.74, 6) is -0.138. The van der Waals surface area contributed by atoms with E-state index in [9.17, 15) is 4.39 Å². The quantitative estimate of drug-likeness (QED) is 0.789. The highest BCUT2D eigenvalue weighted by atomic mass is 19.1. The number of hydrogen-bond acceptors (Lipinski definition) is 2. The lowest BCUT2D eigenvalue weighted by Gasteiger charge is -2.14. The zero-order valence-electron chi connectivity index (χ0n) is 10.5. The van der Waals surface area contributed by atoms with Gasteiger partial charge in [-0.1, -0.05) is 6.07 Å². The van der Waals surface area contributed by atoms with Gasteiger partial charge in [-0.3, -0.25) is 0 Å². The summed E-state index contributed by atoms with van der Waals surface area (Å²) >= 11 is 0. The molecule has 0 radical (unpaired) electrons. The Labute approximate surface area is 103 Å². The molecule has 1 aromatic carbocycles. The highest BCUT2D eigenvalue weighted by molar-refractivity contribution is 5.23. The van der Waals surface area contributed by atoms with Crippen molar-refractivity contribution in [1.29, 1.82) is 0 Å². The molecule has 0 amide bonds. The van der Waals surface area contributed by atoms with E-state index < -0.39 is 0 Å². The molecule has 1 aliphatic heterocycles. The number of nitrogens with zero attached hydrogens (tertiary/aromatic N) is 1. The third-order valence-corrected chi connectivity index (χ3v) is 3.23. The van der Waals surface area contributed by atoms with Crippen LogP contribution in [-0.2, 0) is 6.54 Å². The first kappa shape index (κ1) is 12.5. The van der Waals surface area contributed by atoms with Crippen molar-refractivity contribution in [2.24, 2.45) is 0 Å². The lowest BCUT2D eigenvalue weighted by Crippen LogP contribution is -2.29. The van der Waals surface area contributed by atoms with Gasteiger partial charge in [0.25, 0.3) is 0 Å². The fourth-order valence-electron chi connectivity index (χ4n) is 2.39. The molecule has 0 saturated carbocycles. The first-order valence-corrected chi connectivity index (χ1v) is 6.43. The van der Waals surface area contributed by atoms with Crippen LogP contribution >= 0.6 is 0 Å². The van der Waals surface area contributed by atoms with Crippen molar-refractivity contribution in [2.75, 3.05) is 26.2 Å². The fraction of sp³-hybridized carbons (Fsp3) is 0.571. The van der Waals surface area contributed by atoms with Crippen LogP contribution in [0.25, 0.3) is 0 Å². The summed E-state index contributed by atoms with van der Waals surface area (Å²) in [6.07, 6.45) is 2.67. The number of rotatable bonds is 5. The molecule has 2 rings (SSSR count). The molecule has 1 aromatic rings. The molecule has 1 aliphatic rings. The predicted molar refractivity (Wildman–Crippen MR) is 68.5 cm³/mol. The van der Waals surface area contributed by atoms with Gasteiger partial charge in [-0.25, -0.2) is 4.39 Å². The second-order valence-electron chi connectivity index (χ2n) is 4.86. The molecule has 1 N–H and O–H groups in total. The minimum absolute atomic E-state index is 0.138. The van der Waals surface area contributed by atoms with Gasteiger partial charge in [0.05, 0.1) is 0 Å². The highest BCUT2D eigenvalue weighted by Crippen LogP contribution is 2.08. The molecule has 0 spiro atoms. The zero-order valence-corrected chi connectivity index (χ0v) is 10.5. The van der Waals surface area contributed by atoms with E-state index in [0.29, 0.717) is 0 Å². The van der Waals surface area contributed by atoms with E-state index in [-0.39, 0.29) is 5.82 Å². The van der Waals surface area contributed by atoms with E-state index in [1.54, 1.807) is 12.1 Å². The maximum absolute atomic E-state index is 13.1. The van der Waals surface area contributed by atoms with Crippen LogP contribution in [0.4, 0.5) is 4.39 Å². The average molecular weight is 236 g/mol. The van der Waals surface area contributed by atoms with E-state index in [2.05, 4.69) is 10.2 Å². The maximum Gasteiger partial charge on any atom is 0.123 e. The third-order valence-electron chi connectivity index (χ3n) is 3.23. The first-order chi connectivity index (χ1) is 8.24. The van der Waals surface area contributed by atoms with Gasteiger partial charge < -0.3 is 10.2 Å². The fourth-order valence-corrected chi connectivity index (χ4v) is 2.39. The lowest BCUT2D eigenvalue weighted by molar-refractivity contribution is 0.335. The Morgan fingerprint density at radius 3 is 2.71 bits per heavy atom. The zero-order chi connectivity index (χ0) is 12.1. The molecule has 0 bridgehead atoms. The molecular formula is C14H21FN2. The Morgan fingerprint density at radius 1 is 1.24 bits per heavy atom. The number of halogens is 1. The van der Waals surface area contributed by atoms with Crippen molar-refractivity contribution in [2.45, 2.75) is 26.3 Å². The SMILES string of the molecule is Cc1cc(F)cc(CNCCN2CCCC2)c1. The normalized spacial score (nSPS) is 16.6. The molecule has 17 heavy (non-hydrogen) atoms. The largest absolute Gasteiger partial charge is 0.311 e. The smallest absolute Gasteiger partial charge is 0.123 e. The number of hydrogen-bond donors (Lipinski definition) is 1. The van der Waals surface area contributed by atoms with Gasteiger partial charge in [0.15, 0.2) is 0 Å². The number of aryl methyl sites for hydroxylation is 1. The Bertz CT molecular complexity index is 339. The lowest BCUT2D eigenvalue weighted by atomic mass is 10.1. The number of likely N-dealkylation sites (tertiary alicyclic amines) is 1. The summed E-state index contributed by atoms with van der Waals surface area (Å²) < 4.78 is 13.1. The monoisotopic (exact) mass is 236 g/mol. The number of nitrogens with one attached hydrogen (secondary N) is 1.